The summed E-state index contributed by atoms with van der Waals surface area (Å²) in [5.41, 5.74) is 4.15. The minimum atomic E-state index is -0.183. The molecule has 2 nitrogen and oxygen atoms in total. The number of benzene rings is 3. The van der Waals surface area contributed by atoms with Crippen LogP contribution in [0, 0.1) is 0 Å². The molecule has 0 unspecified atom stereocenters. The van der Waals surface area contributed by atoms with Gasteiger partial charge in [0.25, 0.3) is 5.91 Å². The summed E-state index contributed by atoms with van der Waals surface area (Å²) in [5, 5.41) is 5.74. The Bertz CT molecular complexity index is 1010. The van der Waals surface area contributed by atoms with Crippen molar-refractivity contribution in [2.75, 3.05) is 0 Å². The van der Waals surface area contributed by atoms with E-state index >= 15 is 0 Å². The molecule has 122 valence electrons. The summed E-state index contributed by atoms with van der Waals surface area (Å²) in [6, 6.07) is 20.7. The molecule has 1 N–H and O–H groups in total. The number of carbonyl (C=O) groups is 1. The lowest BCUT2D eigenvalue weighted by Crippen LogP contribution is -2.35. The lowest BCUT2D eigenvalue weighted by molar-refractivity contribution is 0.0931. The average Bonchev–Trinajstić information content (AvgIpc) is 3.44. The Balaban J connectivity index is 1.55. The molecule has 0 aliphatic heterocycles. The summed E-state index contributed by atoms with van der Waals surface area (Å²) in [6.07, 6.45) is 7.20. The van der Waals surface area contributed by atoms with E-state index in [2.05, 4.69) is 53.9 Å². The standard InChI is InChI=1S/C23H19NO/c25-22(24-23(14-15-23)18-9-2-1-3-10-18)20-13-12-17-7-4-6-16-8-5-11-19(20)21(16)17/h1-7,9-13H,8,14-15H2,(H,24,25). The first kappa shape index (κ1) is 14.5. The second kappa shape index (κ2) is 5.32. The summed E-state index contributed by atoms with van der Waals surface area (Å²) >= 11 is 0. The zero-order chi connectivity index (χ0) is 16.9. The summed E-state index contributed by atoms with van der Waals surface area (Å²) in [4.78, 5) is 13.1. The zero-order valence-corrected chi connectivity index (χ0v) is 14.0. The Hall–Kier alpha value is -2.87. The van der Waals surface area contributed by atoms with Crippen LogP contribution >= 0.6 is 0 Å². The molecule has 2 aliphatic rings. The number of nitrogens with one attached hydrogen (secondary N) is 1. The van der Waals surface area contributed by atoms with Crippen LogP contribution in [-0.4, -0.2) is 5.91 Å². The molecular weight excluding hydrogens is 306 g/mol. The van der Waals surface area contributed by atoms with Crippen LogP contribution in [0.2, 0.25) is 0 Å². The van der Waals surface area contributed by atoms with Gasteiger partial charge in [0.1, 0.15) is 0 Å². The fourth-order valence-electron chi connectivity index (χ4n) is 3.98. The third-order valence-electron chi connectivity index (χ3n) is 5.47. The topological polar surface area (TPSA) is 29.1 Å². The summed E-state index contributed by atoms with van der Waals surface area (Å²) in [5.74, 6) is 0.0274. The van der Waals surface area contributed by atoms with Gasteiger partial charge in [-0.2, -0.15) is 0 Å². The first-order chi connectivity index (χ1) is 12.3. The van der Waals surface area contributed by atoms with E-state index in [0.29, 0.717) is 0 Å². The van der Waals surface area contributed by atoms with Gasteiger partial charge >= 0.3 is 0 Å². The van der Waals surface area contributed by atoms with E-state index in [1.165, 1.54) is 21.9 Å². The third kappa shape index (κ3) is 2.29. The molecule has 0 aromatic heterocycles. The molecule has 1 amide bonds. The van der Waals surface area contributed by atoms with Gasteiger partial charge in [-0.05, 0) is 52.8 Å². The Morgan fingerprint density at radius 3 is 2.56 bits per heavy atom. The summed E-state index contributed by atoms with van der Waals surface area (Å²) in [6.45, 7) is 0. The average molecular weight is 325 g/mol. The molecule has 0 saturated heterocycles. The molecule has 1 saturated carbocycles. The van der Waals surface area contributed by atoms with E-state index in [1.807, 2.05) is 24.3 Å². The van der Waals surface area contributed by atoms with Crippen LogP contribution in [0.3, 0.4) is 0 Å². The van der Waals surface area contributed by atoms with Crippen molar-refractivity contribution in [3.05, 3.63) is 89.0 Å². The maximum Gasteiger partial charge on any atom is 0.252 e. The van der Waals surface area contributed by atoms with Crippen molar-refractivity contribution in [2.24, 2.45) is 0 Å². The lowest BCUT2D eigenvalue weighted by Gasteiger charge is -2.21. The van der Waals surface area contributed by atoms with Crippen molar-refractivity contribution in [1.82, 2.24) is 5.32 Å². The Morgan fingerprint density at radius 2 is 1.76 bits per heavy atom. The molecule has 5 rings (SSSR count). The fourth-order valence-corrected chi connectivity index (χ4v) is 3.98. The first-order valence-corrected chi connectivity index (χ1v) is 8.86. The highest BCUT2D eigenvalue weighted by Gasteiger charge is 2.45. The Morgan fingerprint density at radius 1 is 0.920 bits per heavy atom. The van der Waals surface area contributed by atoms with Crippen LogP contribution in [-0.2, 0) is 12.0 Å². The summed E-state index contributed by atoms with van der Waals surface area (Å²) < 4.78 is 0. The smallest absolute Gasteiger partial charge is 0.252 e. The predicted molar refractivity (Wildman–Crippen MR) is 102 cm³/mol. The van der Waals surface area contributed by atoms with Crippen LogP contribution in [0.1, 0.15) is 39.9 Å². The number of rotatable bonds is 3. The van der Waals surface area contributed by atoms with Crippen molar-refractivity contribution in [2.45, 2.75) is 24.8 Å². The number of hydrogen-bond acceptors (Lipinski definition) is 1. The monoisotopic (exact) mass is 325 g/mol. The second-order valence-corrected chi connectivity index (χ2v) is 7.05. The van der Waals surface area contributed by atoms with Gasteiger partial charge < -0.3 is 5.32 Å². The van der Waals surface area contributed by atoms with Crippen molar-refractivity contribution in [1.29, 1.82) is 0 Å². The van der Waals surface area contributed by atoms with Gasteiger partial charge in [-0.15, -0.1) is 0 Å². The van der Waals surface area contributed by atoms with Crippen molar-refractivity contribution >= 4 is 22.8 Å². The van der Waals surface area contributed by atoms with Gasteiger partial charge in [-0.1, -0.05) is 66.7 Å². The van der Waals surface area contributed by atoms with Crippen molar-refractivity contribution in [3.63, 3.8) is 0 Å². The normalized spacial score (nSPS) is 16.6. The molecule has 3 aromatic carbocycles. The van der Waals surface area contributed by atoms with E-state index in [1.54, 1.807) is 0 Å². The van der Waals surface area contributed by atoms with E-state index in [4.69, 9.17) is 0 Å². The third-order valence-corrected chi connectivity index (χ3v) is 5.47. The molecule has 0 bridgehead atoms. The molecule has 0 radical (unpaired) electrons. The van der Waals surface area contributed by atoms with Crippen LogP contribution in [0.5, 0.6) is 0 Å². The lowest BCUT2D eigenvalue weighted by atomic mass is 9.89. The van der Waals surface area contributed by atoms with Gasteiger partial charge in [0, 0.05) is 5.56 Å². The van der Waals surface area contributed by atoms with Gasteiger partial charge in [0.2, 0.25) is 0 Å². The van der Waals surface area contributed by atoms with Gasteiger partial charge in [0.15, 0.2) is 0 Å². The van der Waals surface area contributed by atoms with E-state index in [0.717, 1.165) is 30.4 Å². The van der Waals surface area contributed by atoms with Crippen LogP contribution in [0.4, 0.5) is 0 Å². The molecule has 0 spiro atoms. The molecule has 3 aromatic rings. The molecule has 0 atom stereocenters. The molecule has 1 fully saturated rings. The molecule has 2 aliphatic carbocycles. The van der Waals surface area contributed by atoms with Gasteiger partial charge in [-0.3, -0.25) is 4.79 Å². The Labute approximate surface area is 147 Å². The highest BCUT2D eigenvalue weighted by Crippen LogP contribution is 2.45. The van der Waals surface area contributed by atoms with Crippen molar-refractivity contribution < 1.29 is 4.79 Å². The maximum atomic E-state index is 13.1. The minimum absolute atomic E-state index is 0.0274. The first-order valence-electron chi connectivity index (χ1n) is 8.86. The van der Waals surface area contributed by atoms with Gasteiger partial charge in [0.05, 0.1) is 5.54 Å². The van der Waals surface area contributed by atoms with E-state index in [9.17, 15) is 4.79 Å². The van der Waals surface area contributed by atoms with E-state index < -0.39 is 0 Å². The highest BCUT2D eigenvalue weighted by molar-refractivity contribution is 6.07. The molecule has 0 heterocycles. The number of hydrogen-bond donors (Lipinski definition) is 1. The van der Waals surface area contributed by atoms with Crippen LogP contribution in [0.15, 0.2) is 66.7 Å². The maximum absolute atomic E-state index is 13.1. The van der Waals surface area contributed by atoms with Gasteiger partial charge in [-0.25, -0.2) is 0 Å². The highest BCUT2D eigenvalue weighted by atomic mass is 16.1. The van der Waals surface area contributed by atoms with E-state index in [-0.39, 0.29) is 11.4 Å². The largest absolute Gasteiger partial charge is 0.343 e. The fraction of sp³-hybridized carbons (Fsp3) is 0.174. The van der Waals surface area contributed by atoms with Crippen molar-refractivity contribution in [3.8, 4) is 0 Å². The van der Waals surface area contributed by atoms with Crippen LogP contribution in [0.25, 0.3) is 16.8 Å². The number of amides is 1. The minimum Gasteiger partial charge on any atom is -0.343 e. The Kier molecular flexibility index (Phi) is 3.08. The molecule has 2 heteroatoms. The zero-order valence-electron chi connectivity index (χ0n) is 14.0. The SMILES string of the molecule is O=C(NC1(c2ccccc2)CC1)c1ccc2cccc3c2c1C=CC3. The second-order valence-electron chi connectivity index (χ2n) is 7.05. The quantitative estimate of drug-likeness (QED) is 0.734. The number of carbonyl (C=O) groups excluding carboxylic acids is 1. The number of allylic oxidation sites excluding steroid dienone is 1. The summed E-state index contributed by atoms with van der Waals surface area (Å²) in [7, 11) is 0. The molecule has 25 heavy (non-hydrogen) atoms. The van der Waals surface area contributed by atoms with Crippen LogP contribution < -0.4 is 5.32 Å². The predicted octanol–water partition coefficient (Wildman–Crippen LogP) is 4.83. The molecular formula is C23H19NO.